The van der Waals surface area contributed by atoms with Crippen LogP contribution in [0.3, 0.4) is 0 Å². The van der Waals surface area contributed by atoms with Crippen molar-refractivity contribution in [2.75, 3.05) is 0 Å². The van der Waals surface area contributed by atoms with Gasteiger partial charge in [0, 0.05) is 5.92 Å². The lowest BCUT2D eigenvalue weighted by Crippen LogP contribution is -1.97. The van der Waals surface area contributed by atoms with Crippen LogP contribution in [0, 0.1) is 13.8 Å². The molecule has 0 spiro atoms. The zero-order valence-corrected chi connectivity index (χ0v) is 9.12. The van der Waals surface area contributed by atoms with Crippen molar-refractivity contribution < 1.29 is 0 Å². The Labute approximate surface area is 90.6 Å². The van der Waals surface area contributed by atoms with E-state index in [1.807, 2.05) is 0 Å². The van der Waals surface area contributed by atoms with Crippen LogP contribution in [0.2, 0.25) is 0 Å². The summed E-state index contributed by atoms with van der Waals surface area (Å²) in [6, 6.07) is 4.58. The molecule has 0 saturated carbocycles. The number of hydrogen-bond acceptors (Lipinski definition) is 0. The highest BCUT2D eigenvalue weighted by molar-refractivity contribution is 5.74. The van der Waals surface area contributed by atoms with Crippen LogP contribution in [-0.4, -0.2) is 0 Å². The normalized spacial score (nSPS) is 21.2. The lowest BCUT2D eigenvalue weighted by molar-refractivity contribution is 1.04. The molecule has 1 atom stereocenters. The van der Waals surface area contributed by atoms with Crippen LogP contribution in [0.15, 0.2) is 42.0 Å². The standard InChI is InChI=1S/C15H14/c1-10-7-11(2)14-9-12-5-3-4-6-13(12)15(14)8-10/h3-9,13H,1-2H3. The smallest absolute Gasteiger partial charge is 0.0278 e. The van der Waals surface area contributed by atoms with Crippen LogP contribution in [0.25, 0.3) is 6.08 Å². The minimum atomic E-state index is 0.503. The third-order valence-corrected chi connectivity index (χ3v) is 3.27. The Morgan fingerprint density at radius 2 is 1.93 bits per heavy atom. The van der Waals surface area contributed by atoms with Gasteiger partial charge in [0.15, 0.2) is 0 Å². The van der Waals surface area contributed by atoms with E-state index in [1.165, 1.54) is 27.8 Å². The first-order chi connectivity index (χ1) is 7.25. The topological polar surface area (TPSA) is 0 Å². The highest BCUT2D eigenvalue weighted by atomic mass is 14.3. The van der Waals surface area contributed by atoms with Gasteiger partial charge in [-0.2, -0.15) is 0 Å². The van der Waals surface area contributed by atoms with Crippen LogP contribution in [0.5, 0.6) is 0 Å². The number of rotatable bonds is 0. The number of aryl methyl sites for hydroxylation is 2. The van der Waals surface area contributed by atoms with E-state index in [9.17, 15) is 0 Å². The predicted octanol–water partition coefficient (Wildman–Crippen LogP) is 3.91. The molecule has 0 amide bonds. The van der Waals surface area contributed by atoms with Gasteiger partial charge in [-0.15, -0.1) is 0 Å². The Bertz CT molecular complexity index is 513. The van der Waals surface area contributed by atoms with Gasteiger partial charge in [-0.05, 0) is 36.1 Å². The Hall–Kier alpha value is -1.56. The molecular formula is C15H14. The summed E-state index contributed by atoms with van der Waals surface area (Å²) in [5.74, 6) is 0.503. The molecule has 2 aliphatic carbocycles. The second-order valence-electron chi connectivity index (χ2n) is 4.45. The van der Waals surface area contributed by atoms with Crippen LogP contribution in [0.1, 0.15) is 28.2 Å². The molecule has 0 heterocycles. The van der Waals surface area contributed by atoms with Gasteiger partial charge in [0.05, 0.1) is 0 Å². The van der Waals surface area contributed by atoms with E-state index in [-0.39, 0.29) is 0 Å². The first kappa shape index (κ1) is 8.72. The van der Waals surface area contributed by atoms with E-state index in [0.29, 0.717) is 5.92 Å². The highest BCUT2D eigenvalue weighted by Gasteiger charge is 2.23. The zero-order valence-electron chi connectivity index (χ0n) is 9.12. The van der Waals surface area contributed by atoms with Crippen molar-refractivity contribution in [3.05, 3.63) is 64.3 Å². The maximum absolute atomic E-state index is 2.33. The molecule has 1 unspecified atom stereocenters. The molecule has 0 heteroatoms. The van der Waals surface area contributed by atoms with Gasteiger partial charge in [-0.25, -0.2) is 0 Å². The molecule has 1 aromatic rings. The van der Waals surface area contributed by atoms with Crippen molar-refractivity contribution in [2.24, 2.45) is 0 Å². The van der Waals surface area contributed by atoms with Crippen LogP contribution in [0.4, 0.5) is 0 Å². The summed E-state index contributed by atoms with van der Waals surface area (Å²) >= 11 is 0. The average Bonchev–Trinajstić information content (AvgIpc) is 2.57. The third-order valence-electron chi connectivity index (χ3n) is 3.27. The summed E-state index contributed by atoms with van der Waals surface area (Å²) in [6.45, 7) is 4.38. The summed E-state index contributed by atoms with van der Waals surface area (Å²) < 4.78 is 0. The van der Waals surface area contributed by atoms with Crippen molar-refractivity contribution >= 4 is 6.08 Å². The third kappa shape index (κ3) is 1.21. The summed E-state index contributed by atoms with van der Waals surface area (Å²) in [5.41, 5.74) is 7.10. The quantitative estimate of drug-likeness (QED) is 0.587. The summed E-state index contributed by atoms with van der Waals surface area (Å²) in [4.78, 5) is 0. The zero-order chi connectivity index (χ0) is 10.4. The van der Waals surface area contributed by atoms with Gasteiger partial charge in [-0.1, -0.05) is 48.1 Å². The van der Waals surface area contributed by atoms with Crippen molar-refractivity contribution in [1.82, 2.24) is 0 Å². The monoisotopic (exact) mass is 194 g/mol. The number of benzene rings is 1. The van der Waals surface area contributed by atoms with E-state index in [1.54, 1.807) is 0 Å². The van der Waals surface area contributed by atoms with Gasteiger partial charge in [0.25, 0.3) is 0 Å². The number of hydrogen-bond donors (Lipinski definition) is 0. The first-order valence-corrected chi connectivity index (χ1v) is 5.43. The van der Waals surface area contributed by atoms with Crippen LogP contribution < -0.4 is 0 Å². The molecule has 1 aromatic carbocycles. The Morgan fingerprint density at radius 3 is 2.80 bits per heavy atom. The highest BCUT2D eigenvalue weighted by Crippen LogP contribution is 2.41. The Balaban J connectivity index is 2.25. The maximum Gasteiger partial charge on any atom is 0.0278 e. The van der Waals surface area contributed by atoms with E-state index < -0.39 is 0 Å². The lowest BCUT2D eigenvalue weighted by atomic mass is 9.90. The fourth-order valence-corrected chi connectivity index (χ4v) is 2.61. The minimum absolute atomic E-state index is 0.503. The first-order valence-electron chi connectivity index (χ1n) is 5.43. The number of allylic oxidation sites excluding steroid dienone is 5. The molecule has 0 N–H and O–H groups in total. The van der Waals surface area contributed by atoms with Crippen molar-refractivity contribution in [3.63, 3.8) is 0 Å². The fraction of sp³-hybridized carbons (Fsp3) is 0.200. The van der Waals surface area contributed by atoms with Gasteiger partial charge in [0.1, 0.15) is 0 Å². The Kier molecular flexibility index (Phi) is 1.72. The second kappa shape index (κ2) is 2.96. The summed E-state index contributed by atoms with van der Waals surface area (Å²) in [7, 11) is 0. The SMILES string of the molecule is Cc1cc(C)c2c(c1)C1C=CC=CC1=C2. The van der Waals surface area contributed by atoms with E-state index in [0.717, 1.165) is 0 Å². The molecule has 0 nitrogen and oxygen atoms in total. The molecule has 0 fully saturated rings. The molecule has 74 valence electrons. The molecule has 2 aliphatic rings. The van der Waals surface area contributed by atoms with E-state index >= 15 is 0 Å². The molecule has 15 heavy (non-hydrogen) atoms. The lowest BCUT2D eigenvalue weighted by Gasteiger charge is -2.13. The van der Waals surface area contributed by atoms with Gasteiger partial charge < -0.3 is 0 Å². The van der Waals surface area contributed by atoms with Gasteiger partial charge in [0.2, 0.25) is 0 Å². The van der Waals surface area contributed by atoms with Crippen molar-refractivity contribution in [2.45, 2.75) is 19.8 Å². The summed E-state index contributed by atoms with van der Waals surface area (Å²) in [6.07, 6.45) is 11.1. The molecular weight excluding hydrogens is 180 g/mol. The predicted molar refractivity (Wildman–Crippen MR) is 64.9 cm³/mol. The molecule has 3 rings (SSSR count). The summed E-state index contributed by atoms with van der Waals surface area (Å²) in [5, 5.41) is 0. The molecule has 0 radical (unpaired) electrons. The molecule has 0 aliphatic heterocycles. The Morgan fingerprint density at radius 1 is 1.07 bits per heavy atom. The second-order valence-corrected chi connectivity index (χ2v) is 4.45. The van der Waals surface area contributed by atoms with Crippen molar-refractivity contribution in [1.29, 1.82) is 0 Å². The van der Waals surface area contributed by atoms with Crippen LogP contribution >= 0.6 is 0 Å². The van der Waals surface area contributed by atoms with Crippen LogP contribution in [-0.2, 0) is 0 Å². The van der Waals surface area contributed by atoms with Crippen molar-refractivity contribution in [3.8, 4) is 0 Å². The largest absolute Gasteiger partial charge is 0.0726 e. The molecule has 0 aromatic heterocycles. The minimum Gasteiger partial charge on any atom is -0.0726 e. The van der Waals surface area contributed by atoms with E-state index in [2.05, 4.69) is 56.4 Å². The fourth-order valence-electron chi connectivity index (χ4n) is 2.61. The maximum atomic E-state index is 2.33. The van der Waals surface area contributed by atoms with Gasteiger partial charge >= 0.3 is 0 Å². The number of fused-ring (bicyclic) bond motifs is 3. The molecule has 0 bridgehead atoms. The molecule has 0 saturated heterocycles. The van der Waals surface area contributed by atoms with E-state index in [4.69, 9.17) is 0 Å². The average molecular weight is 194 g/mol. The van der Waals surface area contributed by atoms with Gasteiger partial charge in [-0.3, -0.25) is 0 Å².